The second kappa shape index (κ2) is 7.51. The maximum absolute atomic E-state index is 9.49. The van der Waals surface area contributed by atoms with Gasteiger partial charge in [0.05, 0.1) is 13.2 Å². The Morgan fingerprint density at radius 2 is 2.05 bits per heavy atom. The molecule has 0 aromatic heterocycles. The molecular formula is C16H27NO2. The van der Waals surface area contributed by atoms with Gasteiger partial charge >= 0.3 is 0 Å². The van der Waals surface area contributed by atoms with Crippen LogP contribution < -0.4 is 10.1 Å². The van der Waals surface area contributed by atoms with Crippen LogP contribution in [0.5, 0.6) is 5.75 Å². The molecule has 0 fully saturated rings. The van der Waals surface area contributed by atoms with Crippen molar-refractivity contribution in [3.63, 3.8) is 0 Å². The summed E-state index contributed by atoms with van der Waals surface area (Å²) in [5, 5.41) is 12.9. The zero-order valence-corrected chi connectivity index (χ0v) is 12.6. The van der Waals surface area contributed by atoms with Gasteiger partial charge in [-0.25, -0.2) is 0 Å². The van der Waals surface area contributed by atoms with Crippen molar-refractivity contribution in [2.24, 2.45) is 0 Å². The van der Waals surface area contributed by atoms with Gasteiger partial charge < -0.3 is 15.2 Å². The molecule has 0 saturated carbocycles. The monoisotopic (exact) mass is 265 g/mol. The van der Waals surface area contributed by atoms with Gasteiger partial charge in [-0.2, -0.15) is 0 Å². The van der Waals surface area contributed by atoms with E-state index >= 15 is 0 Å². The molecular weight excluding hydrogens is 238 g/mol. The molecule has 0 radical (unpaired) electrons. The highest BCUT2D eigenvalue weighted by molar-refractivity contribution is 5.35. The van der Waals surface area contributed by atoms with E-state index in [0.717, 1.165) is 30.7 Å². The third-order valence-corrected chi connectivity index (χ3v) is 3.41. The number of ether oxygens (including phenoxy) is 1. The average molecular weight is 265 g/mol. The largest absolute Gasteiger partial charge is 0.493 e. The number of aliphatic hydroxyl groups is 1. The molecule has 1 aromatic rings. The molecule has 1 aromatic carbocycles. The van der Waals surface area contributed by atoms with Crippen LogP contribution in [0.25, 0.3) is 0 Å². The standard InChI is InChI=1S/C16H27NO2/c1-5-9-17-16(4,12-18)8-10-19-15-11-13(2)6-7-14(15)3/h6-7,11,17-18H,5,8-10,12H2,1-4H3. The molecule has 0 aliphatic carbocycles. The van der Waals surface area contributed by atoms with Crippen LogP contribution in [0.15, 0.2) is 18.2 Å². The Balaban J connectivity index is 2.50. The number of benzene rings is 1. The quantitative estimate of drug-likeness (QED) is 0.759. The lowest BCUT2D eigenvalue weighted by Gasteiger charge is -2.28. The van der Waals surface area contributed by atoms with Crippen LogP contribution in [0.4, 0.5) is 0 Å². The molecule has 0 saturated heterocycles. The van der Waals surface area contributed by atoms with E-state index in [4.69, 9.17) is 4.74 Å². The first-order chi connectivity index (χ1) is 9.00. The number of hydrogen-bond donors (Lipinski definition) is 2. The first kappa shape index (κ1) is 16.0. The molecule has 108 valence electrons. The maximum atomic E-state index is 9.49. The molecule has 0 bridgehead atoms. The van der Waals surface area contributed by atoms with Crippen molar-refractivity contribution in [2.45, 2.75) is 46.1 Å². The molecule has 19 heavy (non-hydrogen) atoms. The van der Waals surface area contributed by atoms with E-state index in [1.54, 1.807) is 0 Å². The van der Waals surface area contributed by atoms with Gasteiger partial charge in [-0.15, -0.1) is 0 Å². The highest BCUT2D eigenvalue weighted by Gasteiger charge is 2.22. The van der Waals surface area contributed by atoms with Crippen LogP contribution in [-0.2, 0) is 0 Å². The lowest BCUT2D eigenvalue weighted by Crippen LogP contribution is -2.47. The van der Waals surface area contributed by atoms with Gasteiger partial charge in [-0.3, -0.25) is 0 Å². The van der Waals surface area contributed by atoms with E-state index in [0.29, 0.717) is 6.61 Å². The number of nitrogens with one attached hydrogen (secondary N) is 1. The lowest BCUT2D eigenvalue weighted by atomic mass is 9.99. The van der Waals surface area contributed by atoms with Gasteiger partial charge in [-0.1, -0.05) is 19.1 Å². The topological polar surface area (TPSA) is 41.5 Å². The summed E-state index contributed by atoms with van der Waals surface area (Å²) in [5.41, 5.74) is 2.10. The molecule has 2 N–H and O–H groups in total. The number of aryl methyl sites for hydroxylation is 2. The van der Waals surface area contributed by atoms with Crippen molar-refractivity contribution in [1.29, 1.82) is 0 Å². The average Bonchev–Trinajstić information content (AvgIpc) is 2.40. The summed E-state index contributed by atoms with van der Waals surface area (Å²) < 4.78 is 5.84. The van der Waals surface area contributed by atoms with Crippen LogP contribution >= 0.6 is 0 Å². The normalized spacial score (nSPS) is 14.2. The second-order valence-corrected chi connectivity index (χ2v) is 5.51. The third-order valence-electron chi connectivity index (χ3n) is 3.41. The molecule has 1 unspecified atom stereocenters. The van der Waals surface area contributed by atoms with E-state index in [2.05, 4.69) is 44.3 Å². The van der Waals surface area contributed by atoms with Crippen molar-refractivity contribution < 1.29 is 9.84 Å². The van der Waals surface area contributed by atoms with Crippen LogP contribution in [0, 0.1) is 13.8 Å². The van der Waals surface area contributed by atoms with Gasteiger partial charge in [0.2, 0.25) is 0 Å². The Morgan fingerprint density at radius 3 is 2.68 bits per heavy atom. The molecule has 0 aliphatic heterocycles. The zero-order valence-electron chi connectivity index (χ0n) is 12.6. The molecule has 0 spiro atoms. The van der Waals surface area contributed by atoms with Gasteiger partial charge in [-0.05, 0) is 50.9 Å². The lowest BCUT2D eigenvalue weighted by molar-refractivity contribution is 0.144. The van der Waals surface area contributed by atoms with Crippen LogP contribution in [0.3, 0.4) is 0 Å². The van der Waals surface area contributed by atoms with Crippen molar-refractivity contribution in [3.8, 4) is 5.75 Å². The zero-order chi connectivity index (χ0) is 14.3. The predicted molar refractivity (Wildman–Crippen MR) is 79.8 cm³/mol. The minimum absolute atomic E-state index is 0.128. The minimum Gasteiger partial charge on any atom is -0.493 e. The fraction of sp³-hybridized carbons (Fsp3) is 0.625. The molecule has 1 atom stereocenters. The summed E-state index contributed by atoms with van der Waals surface area (Å²) in [6.45, 7) is 9.93. The fourth-order valence-corrected chi connectivity index (χ4v) is 1.90. The van der Waals surface area contributed by atoms with Gasteiger partial charge in [0.25, 0.3) is 0 Å². The first-order valence-corrected chi connectivity index (χ1v) is 7.06. The second-order valence-electron chi connectivity index (χ2n) is 5.51. The SMILES string of the molecule is CCCNC(C)(CO)CCOc1cc(C)ccc1C. The Hall–Kier alpha value is -1.06. The number of aliphatic hydroxyl groups excluding tert-OH is 1. The summed E-state index contributed by atoms with van der Waals surface area (Å²) >= 11 is 0. The summed E-state index contributed by atoms with van der Waals surface area (Å²) in [7, 11) is 0. The van der Waals surface area contributed by atoms with E-state index in [1.165, 1.54) is 5.56 Å². The van der Waals surface area contributed by atoms with Gasteiger partial charge in [0.1, 0.15) is 5.75 Å². The molecule has 1 rings (SSSR count). The highest BCUT2D eigenvalue weighted by atomic mass is 16.5. The summed E-state index contributed by atoms with van der Waals surface area (Å²) in [4.78, 5) is 0. The Bertz CT molecular complexity index is 392. The van der Waals surface area contributed by atoms with E-state index in [1.807, 2.05) is 6.92 Å². The molecule has 3 heteroatoms. The number of rotatable bonds is 8. The molecule has 0 amide bonds. The van der Waals surface area contributed by atoms with Crippen molar-refractivity contribution >= 4 is 0 Å². The fourth-order valence-electron chi connectivity index (χ4n) is 1.90. The summed E-state index contributed by atoms with van der Waals surface area (Å²) in [5.74, 6) is 0.941. The van der Waals surface area contributed by atoms with Crippen molar-refractivity contribution in [1.82, 2.24) is 5.32 Å². The van der Waals surface area contributed by atoms with Crippen LogP contribution in [0.2, 0.25) is 0 Å². The van der Waals surface area contributed by atoms with E-state index in [-0.39, 0.29) is 12.1 Å². The Morgan fingerprint density at radius 1 is 1.32 bits per heavy atom. The predicted octanol–water partition coefficient (Wildman–Crippen LogP) is 2.82. The van der Waals surface area contributed by atoms with Gasteiger partial charge in [0.15, 0.2) is 0 Å². The molecule has 3 nitrogen and oxygen atoms in total. The first-order valence-electron chi connectivity index (χ1n) is 7.06. The van der Waals surface area contributed by atoms with E-state index in [9.17, 15) is 5.11 Å². The van der Waals surface area contributed by atoms with Crippen LogP contribution in [0.1, 0.15) is 37.8 Å². The summed E-state index contributed by atoms with van der Waals surface area (Å²) in [6, 6.07) is 6.22. The maximum Gasteiger partial charge on any atom is 0.122 e. The third kappa shape index (κ3) is 5.21. The summed E-state index contributed by atoms with van der Waals surface area (Å²) in [6.07, 6.45) is 1.85. The van der Waals surface area contributed by atoms with Crippen molar-refractivity contribution in [2.75, 3.05) is 19.8 Å². The van der Waals surface area contributed by atoms with Gasteiger partial charge in [0, 0.05) is 12.0 Å². The minimum atomic E-state index is -0.256. The van der Waals surface area contributed by atoms with E-state index < -0.39 is 0 Å². The van der Waals surface area contributed by atoms with Crippen molar-refractivity contribution in [3.05, 3.63) is 29.3 Å². The number of hydrogen-bond acceptors (Lipinski definition) is 3. The Kier molecular flexibility index (Phi) is 6.32. The molecule has 0 heterocycles. The highest BCUT2D eigenvalue weighted by Crippen LogP contribution is 2.20. The molecule has 0 aliphatic rings. The smallest absolute Gasteiger partial charge is 0.122 e. The Labute approximate surface area is 117 Å². The van der Waals surface area contributed by atoms with Crippen LogP contribution in [-0.4, -0.2) is 30.4 Å².